The van der Waals surface area contributed by atoms with Crippen LogP contribution in [0.3, 0.4) is 0 Å². The Balaban J connectivity index is 1.28. The van der Waals surface area contributed by atoms with Gasteiger partial charge in [-0.2, -0.15) is 0 Å². The Morgan fingerprint density at radius 3 is 2.57 bits per heavy atom. The van der Waals surface area contributed by atoms with E-state index in [1.54, 1.807) is 6.92 Å². The lowest BCUT2D eigenvalue weighted by atomic mass is 9.51. The lowest BCUT2D eigenvalue weighted by Crippen LogP contribution is -2.70. The second kappa shape index (κ2) is 11.9. The molecule has 6 rings (SSSR count). The Hall–Kier alpha value is -2.41. The van der Waals surface area contributed by atoms with E-state index < -0.39 is 0 Å². The molecule has 2 bridgehead atoms. The van der Waals surface area contributed by atoms with Gasteiger partial charge in [-0.25, -0.2) is 0 Å². The number of ketones is 1. The topological polar surface area (TPSA) is 76.2 Å². The predicted octanol–water partition coefficient (Wildman–Crippen LogP) is 5.99. The highest BCUT2D eigenvalue weighted by atomic mass is 16.6. The molecule has 1 amide bonds. The predicted molar refractivity (Wildman–Crippen MR) is 162 cm³/mol. The van der Waals surface area contributed by atoms with E-state index in [1.165, 1.54) is 56.6 Å². The molecule has 7 nitrogen and oxygen atoms in total. The monoisotopic (exact) mass is 578 g/mol. The van der Waals surface area contributed by atoms with Crippen molar-refractivity contribution in [3.05, 3.63) is 23.3 Å². The molecule has 0 N–H and O–H groups in total. The van der Waals surface area contributed by atoms with Crippen LogP contribution in [-0.4, -0.2) is 64.8 Å². The molecule has 7 heteroatoms. The summed E-state index contributed by atoms with van der Waals surface area (Å²) >= 11 is 0. The van der Waals surface area contributed by atoms with Crippen LogP contribution in [0.25, 0.3) is 0 Å². The fourth-order valence-electron chi connectivity index (χ4n) is 9.76. The number of benzene rings is 1. The van der Waals surface area contributed by atoms with Gasteiger partial charge in [0.25, 0.3) is 0 Å². The van der Waals surface area contributed by atoms with E-state index in [1.807, 2.05) is 6.07 Å². The van der Waals surface area contributed by atoms with Gasteiger partial charge >= 0.3 is 5.97 Å². The SMILES string of the molecule is CC(=O)CN1CC[C@]23c4c5ccc(OC(C)=O)c4O[C@H]2[C@@H](N(C(=O)CCCCC2CCCCC2)C(C)C)CC[C@H]3[C@H]1C5. The average molecular weight is 579 g/mol. The van der Waals surface area contributed by atoms with E-state index in [9.17, 15) is 14.4 Å². The summed E-state index contributed by atoms with van der Waals surface area (Å²) in [6.07, 6.45) is 14.2. The maximum atomic E-state index is 14.0. The first-order valence-corrected chi connectivity index (χ1v) is 16.8. The van der Waals surface area contributed by atoms with Crippen LogP contribution in [0.15, 0.2) is 12.1 Å². The minimum atomic E-state index is -0.354. The molecule has 2 heterocycles. The quantitative estimate of drug-likeness (QED) is 0.193. The van der Waals surface area contributed by atoms with Crippen molar-refractivity contribution in [2.75, 3.05) is 13.1 Å². The molecule has 1 saturated heterocycles. The van der Waals surface area contributed by atoms with E-state index in [0.717, 1.165) is 51.0 Å². The number of amides is 1. The summed E-state index contributed by atoms with van der Waals surface area (Å²) in [7, 11) is 0. The van der Waals surface area contributed by atoms with Gasteiger partial charge in [0.1, 0.15) is 11.9 Å². The van der Waals surface area contributed by atoms with Crippen LogP contribution in [0.5, 0.6) is 11.5 Å². The summed E-state index contributed by atoms with van der Waals surface area (Å²) in [5.74, 6) is 2.50. The van der Waals surface area contributed by atoms with Gasteiger partial charge in [-0.3, -0.25) is 19.3 Å². The molecule has 2 aliphatic heterocycles. The fourth-order valence-corrected chi connectivity index (χ4v) is 9.76. The fraction of sp³-hybridized carbons (Fsp3) is 0.743. The number of piperidine rings is 1. The Morgan fingerprint density at radius 2 is 1.86 bits per heavy atom. The van der Waals surface area contributed by atoms with Crippen molar-refractivity contribution >= 4 is 17.7 Å². The van der Waals surface area contributed by atoms with Crippen molar-refractivity contribution < 1.29 is 23.9 Å². The molecule has 0 unspecified atom stereocenters. The van der Waals surface area contributed by atoms with Crippen LogP contribution in [-0.2, 0) is 26.2 Å². The van der Waals surface area contributed by atoms with Gasteiger partial charge in [-0.15, -0.1) is 0 Å². The molecule has 3 aliphatic carbocycles. The third-order valence-corrected chi connectivity index (χ3v) is 11.2. The standard InChI is InChI=1S/C35H50N2O5/c1-22(2)37(31(40)13-9-8-12-25-10-6-5-7-11-25)28-16-15-27-29-20-26-14-17-30(41-24(4)39)33-32(26)35(27,34(28)42-33)18-19-36(29)21-23(3)38/h14,17,22,25,27-29,34H,5-13,15-16,18-21H2,1-4H3/t27-,28-,29+,34-,35-/m0/s1. The van der Waals surface area contributed by atoms with Crippen molar-refractivity contribution in [1.82, 2.24) is 9.80 Å². The Morgan fingerprint density at radius 1 is 1.07 bits per heavy atom. The molecule has 3 fully saturated rings. The second-order valence-electron chi connectivity index (χ2n) is 14.2. The van der Waals surface area contributed by atoms with Gasteiger partial charge in [0, 0.05) is 36.4 Å². The summed E-state index contributed by atoms with van der Waals surface area (Å²) in [4.78, 5) is 42.8. The summed E-state index contributed by atoms with van der Waals surface area (Å²) in [6.45, 7) is 8.71. The highest BCUT2D eigenvalue weighted by molar-refractivity contribution is 5.78. The maximum Gasteiger partial charge on any atom is 0.308 e. The number of nitrogens with zero attached hydrogens (tertiary/aromatic N) is 2. The summed E-state index contributed by atoms with van der Waals surface area (Å²) < 4.78 is 12.7. The Kier molecular flexibility index (Phi) is 8.43. The van der Waals surface area contributed by atoms with Gasteiger partial charge in [-0.05, 0) is 82.9 Å². The number of rotatable bonds is 10. The maximum absolute atomic E-state index is 14.0. The second-order valence-corrected chi connectivity index (χ2v) is 14.2. The first-order chi connectivity index (χ1) is 20.2. The average Bonchev–Trinajstić information content (AvgIpc) is 3.30. The number of carbonyl (C=O) groups excluding carboxylic acids is 3. The van der Waals surface area contributed by atoms with Gasteiger partial charge in [-0.1, -0.05) is 51.0 Å². The van der Waals surface area contributed by atoms with Crippen molar-refractivity contribution in [3.8, 4) is 11.5 Å². The molecule has 5 aliphatic rings. The summed E-state index contributed by atoms with van der Waals surface area (Å²) in [5.41, 5.74) is 2.21. The van der Waals surface area contributed by atoms with Gasteiger partial charge in [0.15, 0.2) is 11.5 Å². The lowest BCUT2D eigenvalue weighted by molar-refractivity contribution is -0.146. The van der Waals surface area contributed by atoms with Crippen LogP contribution in [0.1, 0.15) is 116 Å². The molecule has 0 radical (unpaired) electrons. The Labute approximate surface area is 251 Å². The molecule has 1 spiro atoms. The number of esters is 1. The van der Waals surface area contributed by atoms with Gasteiger partial charge in [0.05, 0.1) is 12.6 Å². The summed E-state index contributed by atoms with van der Waals surface area (Å²) in [6, 6.07) is 4.30. The first-order valence-electron chi connectivity index (χ1n) is 16.8. The normalized spacial score (nSPS) is 30.0. The highest BCUT2D eigenvalue weighted by Gasteiger charge is 2.66. The summed E-state index contributed by atoms with van der Waals surface area (Å²) in [5, 5.41) is 0. The van der Waals surface area contributed by atoms with Crippen molar-refractivity contribution in [3.63, 3.8) is 0 Å². The number of hydrogen-bond acceptors (Lipinski definition) is 6. The zero-order chi connectivity index (χ0) is 29.6. The first kappa shape index (κ1) is 29.7. The van der Waals surface area contributed by atoms with Crippen LogP contribution in [0.4, 0.5) is 0 Å². The van der Waals surface area contributed by atoms with Crippen molar-refractivity contribution in [1.29, 1.82) is 0 Å². The molecule has 1 aromatic carbocycles. The zero-order valence-corrected chi connectivity index (χ0v) is 26.2. The van der Waals surface area contributed by atoms with Crippen LogP contribution in [0, 0.1) is 11.8 Å². The molecule has 5 atom stereocenters. The molecule has 230 valence electrons. The van der Waals surface area contributed by atoms with E-state index in [4.69, 9.17) is 9.47 Å². The molecule has 1 aromatic rings. The van der Waals surface area contributed by atoms with Crippen molar-refractivity contribution in [2.45, 2.75) is 141 Å². The van der Waals surface area contributed by atoms with Gasteiger partial charge < -0.3 is 14.4 Å². The third kappa shape index (κ3) is 5.18. The lowest BCUT2D eigenvalue weighted by Gasteiger charge is -2.60. The van der Waals surface area contributed by atoms with Gasteiger partial charge in [0.2, 0.25) is 5.91 Å². The van der Waals surface area contributed by atoms with E-state index in [0.29, 0.717) is 30.4 Å². The number of hydrogen-bond donors (Lipinski definition) is 0. The number of likely N-dealkylation sites (tertiary alicyclic amines) is 1. The van der Waals surface area contributed by atoms with E-state index in [-0.39, 0.29) is 47.3 Å². The zero-order valence-electron chi connectivity index (χ0n) is 26.2. The molecule has 42 heavy (non-hydrogen) atoms. The number of unbranched alkanes of at least 4 members (excludes halogenated alkanes) is 1. The minimum Gasteiger partial charge on any atom is -0.483 e. The number of carbonyl (C=O) groups is 3. The molecule has 2 saturated carbocycles. The Bertz CT molecular complexity index is 1210. The number of ether oxygens (including phenoxy) is 2. The van der Waals surface area contributed by atoms with Crippen LogP contribution < -0.4 is 9.47 Å². The van der Waals surface area contributed by atoms with E-state index >= 15 is 0 Å². The molecular formula is C35H50N2O5. The number of Topliss-reactive ketones (excluding diaryl/α,β-unsaturated/α-hetero) is 1. The smallest absolute Gasteiger partial charge is 0.308 e. The highest BCUT2D eigenvalue weighted by Crippen LogP contribution is 2.64. The third-order valence-electron chi connectivity index (χ3n) is 11.2. The van der Waals surface area contributed by atoms with E-state index in [2.05, 4.69) is 29.7 Å². The molecule has 0 aromatic heterocycles. The minimum absolute atomic E-state index is 0.0318. The largest absolute Gasteiger partial charge is 0.483 e. The van der Waals surface area contributed by atoms with Crippen LogP contribution >= 0.6 is 0 Å². The van der Waals surface area contributed by atoms with Crippen LogP contribution in [0.2, 0.25) is 0 Å². The van der Waals surface area contributed by atoms with Crippen molar-refractivity contribution in [2.24, 2.45) is 11.8 Å². The molecular weight excluding hydrogens is 528 g/mol.